The molecule has 1 aromatic carbocycles. The zero-order chi connectivity index (χ0) is 13.1. The predicted octanol–water partition coefficient (Wildman–Crippen LogP) is 4.15. The van der Waals surface area contributed by atoms with Crippen molar-refractivity contribution in [3.8, 4) is 6.07 Å². The molecule has 0 spiro atoms. The van der Waals surface area contributed by atoms with Gasteiger partial charge in [-0.1, -0.05) is 11.6 Å². The number of hydrogen-bond donors (Lipinski definition) is 1. The molecule has 1 atom stereocenters. The minimum absolute atomic E-state index is 0.0837. The Morgan fingerprint density at radius 2 is 2.28 bits per heavy atom. The zero-order valence-corrected chi connectivity index (χ0v) is 11.6. The van der Waals surface area contributed by atoms with Gasteiger partial charge < -0.3 is 5.32 Å². The molecular formula is C13H12ClN3S. The van der Waals surface area contributed by atoms with Gasteiger partial charge in [0.2, 0.25) is 0 Å². The number of hydrogen-bond acceptors (Lipinski definition) is 4. The smallest absolute Gasteiger partial charge is 0.0992 e. The molecule has 0 bridgehead atoms. The average molecular weight is 278 g/mol. The van der Waals surface area contributed by atoms with E-state index in [0.29, 0.717) is 10.6 Å². The molecule has 92 valence electrons. The minimum atomic E-state index is 0.0837. The van der Waals surface area contributed by atoms with Gasteiger partial charge in [-0.05, 0) is 32.0 Å². The molecule has 2 aromatic rings. The number of anilines is 1. The standard InChI is InChI=1S/C13H12ClN3S/c1-8(13-7-18-9(2)17-13)16-12-4-3-10(6-15)5-11(12)14/h3-5,7-8,16H,1-2H3. The summed E-state index contributed by atoms with van der Waals surface area (Å²) in [6, 6.07) is 7.36. The monoisotopic (exact) mass is 277 g/mol. The molecule has 0 fully saturated rings. The number of rotatable bonds is 3. The van der Waals surface area contributed by atoms with Crippen molar-refractivity contribution in [1.29, 1.82) is 5.26 Å². The molecule has 3 nitrogen and oxygen atoms in total. The highest BCUT2D eigenvalue weighted by molar-refractivity contribution is 7.09. The summed E-state index contributed by atoms with van der Waals surface area (Å²) in [5, 5.41) is 15.7. The number of benzene rings is 1. The van der Waals surface area contributed by atoms with Gasteiger partial charge >= 0.3 is 0 Å². The quantitative estimate of drug-likeness (QED) is 0.917. The zero-order valence-electron chi connectivity index (χ0n) is 10.1. The lowest BCUT2D eigenvalue weighted by atomic mass is 10.2. The number of aryl methyl sites for hydroxylation is 1. The second-order valence-electron chi connectivity index (χ2n) is 3.96. The van der Waals surface area contributed by atoms with Gasteiger partial charge in [-0.2, -0.15) is 5.26 Å². The Balaban J connectivity index is 2.17. The Kier molecular flexibility index (Phi) is 3.85. The Morgan fingerprint density at radius 1 is 1.50 bits per heavy atom. The molecule has 2 rings (SSSR count). The van der Waals surface area contributed by atoms with Crippen LogP contribution in [0.15, 0.2) is 23.6 Å². The van der Waals surface area contributed by atoms with Gasteiger partial charge in [0.15, 0.2) is 0 Å². The molecule has 0 saturated heterocycles. The highest BCUT2D eigenvalue weighted by Gasteiger charge is 2.10. The Bertz CT molecular complexity index is 601. The van der Waals surface area contributed by atoms with E-state index >= 15 is 0 Å². The van der Waals surface area contributed by atoms with Crippen LogP contribution in [0.1, 0.15) is 29.2 Å². The molecule has 0 aliphatic carbocycles. The highest BCUT2D eigenvalue weighted by atomic mass is 35.5. The van der Waals surface area contributed by atoms with Crippen LogP contribution in [0.2, 0.25) is 5.02 Å². The maximum atomic E-state index is 8.78. The molecule has 1 N–H and O–H groups in total. The fraction of sp³-hybridized carbons (Fsp3) is 0.231. The van der Waals surface area contributed by atoms with Crippen LogP contribution in [0.5, 0.6) is 0 Å². The van der Waals surface area contributed by atoms with Crippen molar-refractivity contribution in [2.24, 2.45) is 0 Å². The first-order chi connectivity index (χ1) is 8.60. The maximum absolute atomic E-state index is 8.78. The van der Waals surface area contributed by atoms with Gasteiger partial charge in [-0.25, -0.2) is 4.98 Å². The fourth-order valence-corrected chi connectivity index (χ4v) is 2.53. The molecule has 1 heterocycles. The molecule has 1 unspecified atom stereocenters. The van der Waals surface area contributed by atoms with Crippen molar-refractivity contribution in [2.75, 3.05) is 5.32 Å². The number of halogens is 1. The van der Waals surface area contributed by atoms with Crippen LogP contribution in [0.3, 0.4) is 0 Å². The maximum Gasteiger partial charge on any atom is 0.0992 e. The first-order valence-corrected chi connectivity index (χ1v) is 6.74. The van der Waals surface area contributed by atoms with Gasteiger partial charge in [-0.3, -0.25) is 0 Å². The van der Waals surface area contributed by atoms with E-state index in [1.165, 1.54) is 0 Å². The van der Waals surface area contributed by atoms with E-state index in [2.05, 4.69) is 16.4 Å². The van der Waals surface area contributed by atoms with Gasteiger partial charge in [0, 0.05) is 5.38 Å². The van der Waals surface area contributed by atoms with E-state index in [1.807, 2.05) is 25.3 Å². The molecule has 0 radical (unpaired) electrons. The summed E-state index contributed by atoms with van der Waals surface area (Å²) < 4.78 is 0. The summed E-state index contributed by atoms with van der Waals surface area (Å²) in [4.78, 5) is 4.43. The molecule has 18 heavy (non-hydrogen) atoms. The first-order valence-electron chi connectivity index (χ1n) is 5.48. The summed E-state index contributed by atoms with van der Waals surface area (Å²) in [5.74, 6) is 0. The lowest BCUT2D eigenvalue weighted by Crippen LogP contribution is -2.07. The molecule has 1 aromatic heterocycles. The summed E-state index contributed by atoms with van der Waals surface area (Å²) in [7, 11) is 0. The van der Waals surface area contributed by atoms with Crippen LogP contribution in [0, 0.1) is 18.3 Å². The topological polar surface area (TPSA) is 48.7 Å². The number of nitriles is 1. The molecular weight excluding hydrogens is 266 g/mol. The summed E-state index contributed by atoms with van der Waals surface area (Å²) in [6.45, 7) is 4.01. The largest absolute Gasteiger partial charge is 0.376 e. The van der Waals surface area contributed by atoms with Crippen LogP contribution < -0.4 is 5.32 Å². The second-order valence-corrected chi connectivity index (χ2v) is 5.43. The lowest BCUT2D eigenvalue weighted by Gasteiger charge is -2.14. The fourth-order valence-electron chi connectivity index (χ4n) is 1.59. The Morgan fingerprint density at radius 3 is 2.83 bits per heavy atom. The van der Waals surface area contributed by atoms with E-state index < -0.39 is 0 Å². The van der Waals surface area contributed by atoms with Crippen LogP contribution in [0.4, 0.5) is 5.69 Å². The average Bonchev–Trinajstić information content (AvgIpc) is 2.78. The number of thiazole rings is 1. The van der Waals surface area contributed by atoms with Crippen LogP contribution in [-0.4, -0.2) is 4.98 Å². The number of nitrogens with zero attached hydrogens (tertiary/aromatic N) is 2. The third-order valence-electron chi connectivity index (χ3n) is 2.55. The van der Waals surface area contributed by atoms with E-state index in [1.54, 1.807) is 23.5 Å². The van der Waals surface area contributed by atoms with Crippen molar-refractivity contribution in [1.82, 2.24) is 4.98 Å². The summed E-state index contributed by atoms with van der Waals surface area (Å²) in [5.41, 5.74) is 2.37. The second kappa shape index (κ2) is 5.38. The van der Waals surface area contributed by atoms with Crippen molar-refractivity contribution in [3.05, 3.63) is 44.9 Å². The predicted molar refractivity (Wildman–Crippen MR) is 75.1 cm³/mol. The SMILES string of the molecule is Cc1nc(C(C)Nc2ccc(C#N)cc2Cl)cs1. The first kappa shape index (κ1) is 12.9. The van der Waals surface area contributed by atoms with Gasteiger partial charge in [-0.15, -0.1) is 11.3 Å². The summed E-state index contributed by atoms with van der Waals surface area (Å²) in [6.07, 6.45) is 0. The van der Waals surface area contributed by atoms with Crippen molar-refractivity contribution < 1.29 is 0 Å². The lowest BCUT2D eigenvalue weighted by molar-refractivity contribution is 0.845. The summed E-state index contributed by atoms with van der Waals surface area (Å²) >= 11 is 7.74. The highest BCUT2D eigenvalue weighted by Crippen LogP contribution is 2.27. The van der Waals surface area contributed by atoms with Gasteiger partial charge in [0.25, 0.3) is 0 Å². The number of nitrogens with one attached hydrogen (secondary N) is 1. The van der Waals surface area contributed by atoms with Crippen molar-refractivity contribution in [2.45, 2.75) is 19.9 Å². The molecule has 5 heteroatoms. The third-order valence-corrected chi connectivity index (χ3v) is 3.66. The van der Waals surface area contributed by atoms with Crippen molar-refractivity contribution >= 4 is 28.6 Å². The third kappa shape index (κ3) is 2.81. The van der Waals surface area contributed by atoms with E-state index in [9.17, 15) is 0 Å². The Labute approximate surface area is 115 Å². The molecule has 0 amide bonds. The van der Waals surface area contributed by atoms with Gasteiger partial charge in [0.1, 0.15) is 0 Å². The van der Waals surface area contributed by atoms with E-state index in [0.717, 1.165) is 16.4 Å². The van der Waals surface area contributed by atoms with E-state index in [-0.39, 0.29) is 6.04 Å². The molecule has 0 aliphatic heterocycles. The molecule has 0 aliphatic rings. The van der Waals surface area contributed by atoms with Crippen molar-refractivity contribution in [3.63, 3.8) is 0 Å². The van der Waals surface area contributed by atoms with E-state index in [4.69, 9.17) is 16.9 Å². The Hall–Kier alpha value is -1.57. The van der Waals surface area contributed by atoms with Crippen LogP contribution in [-0.2, 0) is 0 Å². The normalized spacial score (nSPS) is 11.9. The molecule has 0 saturated carbocycles. The van der Waals surface area contributed by atoms with Crippen LogP contribution in [0.25, 0.3) is 0 Å². The van der Waals surface area contributed by atoms with Crippen LogP contribution >= 0.6 is 22.9 Å². The van der Waals surface area contributed by atoms with Gasteiger partial charge in [0.05, 0.1) is 39.1 Å². The number of aromatic nitrogens is 1. The minimum Gasteiger partial charge on any atom is -0.376 e.